The number of rotatable bonds is 5. The van der Waals surface area contributed by atoms with E-state index in [1.165, 1.54) is 10.8 Å². The van der Waals surface area contributed by atoms with Gasteiger partial charge in [-0.1, -0.05) is 0 Å². The Labute approximate surface area is 93.6 Å². The lowest BCUT2D eigenvalue weighted by molar-refractivity contribution is 0.203. The molecule has 0 unspecified atom stereocenters. The van der Waals surface area contributed by atoms with Gasteiger partial charge in [-0.15, -0.1) is 0 Å². The average molecular weight is 227 g/mol. The van der Waals surface area contributed by atoms with Crippen LogP contribution >= 0.6 is 0 Å². The quantitative estimate of drug-likeness (QED) is 0.636. The highest BCUT2D eigenvalue weighted by molar-refractivity contribution is 5.32. The zero-order valence-electron chi connectivity index (χ0n) is 9.42. The number of hydrogen-bond donors (Lipinski definition) is 3. The summed E-state index contributed by atoms with van der Waals surface area (Å²) < 4.78 is 1.53. The van der Waals surface area contributed by atoms with Crippen LogP contribution in [0.15, 0.2) is 17.2 Å². The summed E-state index contributed by atoms with van der Waals surface area (Å²) in [5, 5.41) is 20.5. The molecule has 1 rings (SSSR count). The molecule has 6 heteroatoms. The third kappa shape index (κ3) is 2.80. The van der Waals surface area contributed by atoms with Crippen molar-refractivity contribution in [3.8, 4) is 0 Å². The molecule has 0 amide bonds. The molecule has 0 spiro atoms. The van der Waals surface area contributed by atoms with Gasteiger partial charge in [0.1, 0.15) is 0 Å². The highest BCUT2D eigenvalue weighted by atomic mass is 16.3. The molecule has 3 N–H and O–H groups in total. The Balaban J connectivity index is 2.97. The third-order valence-electron chi connectivity index (χ3n) is 2.21. The molecule has 0 aliphatic heterocycles. The molecule has 6 nitrogen and oxygen atoms in total. The Hall–Kier alpha value is -1.40. The standard InChI is InChI=1S/C10H17N3O3/c1-7(2)13-4-3-11-9(10(13)16)12-8(5-14)6-15/h3-4,7-8,14-15H,5-6H2,1-2H3,(H,11,12). The van der Waals surface area contributed by atoms with Gasteiger partial charge in [-0.25, -0.2) is 4.98 Å². The van der Waals surface area contributed by atoms with Crippen LogP contribution in [-0.4, -0.2) is 39.0 Å². The molecular weight excluding hydrogens is 210 g/mol. The summed E-state index contributed by atoms with van der Waals surface area (Å²) in [6.45, 7) is 3.27. The molecule has 1 aromatic heterocycles. The lowest BCUT2D eigenvalue weighted by Crippen LogP contribution is -2.33. The van der Waals surface area contributed by atoms with E-state index in [4.69, 9.17) is 10.2 Å². The number of aromatic nitrogens is 2. The molecule has 0 bridgehead atoms. The van der Waals surface area contributed by atoms with Crippen molar-refractivity contribution in [1.29, 1.82) is 0 Å². The predicted octanol–water partition coefficient (Wildman–Crippen LogP) is -0.411. The summed E-state index contributed by atoms with van der Waals surface area (Å²) in [6, 6.07) is -0.527. The second-order valence-corrected chi connectivity index (χ2v) is 3.79. The van der Waals surface area contributed by atoms with Crippen molar-refractivity contribution in [2.75, 3.05) is 18.5 Å². The van der Waals surface area contributed by atoms with Crippen molar-refractivity contribution < 1.29 is 10.2 Å². The monoisotopic (exact) mass is 227 g/mol. The zero-order valence-corrected chi connectivity index (χ0v) is 9.42. The Morgan fingerprint density at radius 3 is 2.56 bits per heavy atom. The first-order valence-corrected chi connectivity index (χ1v) is 5.15. The van der Waals surface area contributed by atoms with Gasteiger partial charge in [-0.3, -0.25) is 4.79 Å². The molecule has 0 aliphatic carbocycles. The van der Waals surface area contributed by atoms with E-state index in [1.54, 1.807) is 6.20 Å². The van der Waals surface area contributed by atoms with E-state index in [1.807, 2.05) is 13.8 Å². The maximum atomic E-state index is 11.9. The first-order valence-electron chi connectivity index (χ1n) is 5.15. The van der Waals surface area contributed by atoms with E-state index in [0.717, 1.165) is 0 Å². The summed E-state index contributed by atoms with van der Waals surface area (Å²) in [4.78, 5) is 15.7. The lowest BCUT2D eigenvalue weighted by Gasteiger charge is -2.15. The Morgan fingerprint density at radius 1 is 1.44 bits per heavy atom. The van der Waals surface area contributed by atoms with Gasteiger partial charge in [0, 0.05) is 18.4 Å². The first-order chi connectivity index (χ1) is 7.60. The number of nitrogens with zero attached hydrogens (tertiary/aromatic N) is 2. The van der Waals surface area contributed by atoms with Crippen LogP contribution in [-0.2, 0) is 0 Å². The van der Waals surface area contributed by atoms with Crippen LogP contribution in [0.1, 0.15) is 19.9 Å². The largest absolute Gasteiger partial charge is 0.394 e. The Kier molecular flexibility index (Phi) is 4.45. The van der Waals surface area contributed by atoms with Crippen LogP contribution in [0.25, 0.3) is 0 Å². The first kappa shape index (κ1) is 12.7. The number of aliphatic hydroxyl groups is 2. The predicted molar refractivity (Wildman–Crippen MR) is 60.5 cm³/mol. The second kappa shape index (κ2) is 5.62. The van der Waals surface area contributed by atoms with Crippen LogP contribution in [0, 0.1) is 0 Å². The summed E-state index contributed by atoms with van der Waals surface area (Å²) in [5.41, 5.74) is -0.260. The second-order valence-electron chi connectivity index (χ2n) is 3.79. The van der Waals surface area contributed by atoms with Crippen molar-refractivity contribution in [2.45, 2.75) is 25.9 Å². The molecule has 0 aliphatic rings. The Morgan fingerprint density at radius 2 is 2.06 bits per heavy atom. The van der Waals surface area contributed by atoms with Crippen LogP contribution in [0.3, 0.4) is 0 Å². The fraction of sp³-hybridized carbons (Fsp3) is 0.600. The maximum absolute atomic E-state index is 11.9. The van der Waals surface area contributed by atoms with Crippen LogP contribution in [0.2, 0.25) is 0 Å². The molecule has 0 saturated carbocycles. The van der Waals surface area contributed by atoms with Gasteiger partial charge in [-0.05, 0) is 13.8 Å². The number of nitrogens with one attached hydrogen (secondary N) is 1. The van der Waals surface area contributed by atoms with Crippen molar-refractivity contribution >= 4 is 5.82 Å². The molecule has 0 radical (unpaired) electrons. The molecule has 0 atom stereocenters. The van der Waals surface area contributed by atoms with Gasteiger partial charge in [-0.2, -0.15) is 0 Å². The van der Waals surface area contributed by atoms with Gasteiger partial charge in [0.05, 0.1) is 19.3 Å². The highest BCUT2D eigenvalue weighted by Crippen LogP contribution is 2.02. The molecule has 0 fully saturated rings. The van der Waals surface area contributed by atoms with Crippen molar-refractivity contribution in [1.82, 2.24) is 9.55 Å². The van der Waals surface area contributed by atoms with Gasteiger partial charge in [0.25, 0.3) is 5.56 Å². The summed E-state index contributed by atoms with van der Waals surface area (Å²) in [5.74, 6) is 0.143. The van der Waals surface area contributed by atoms with Gasteiger partial charge in [0.2, 0.25) is 0 Å². The molecule has 90 valence electrons. The molecule has 1 aromatic rings. The minimum atomic E-state index is -0.566. The van der Waals surface area contributed by atoms with E-state index < -0.39 is 6.04 Å². The lowest BCUT2D eigenvalue weighted by atomic mass is 10.3. The normalized spacial score (nSPS) is 11.1. The minimum absolute atomic E-state index is 0.0396. The van der Waals surface area contributed by atoms with E-state index in [9.17, 15) is 4.79 Å². The zero-order chi connectivity index (χ0) is 12.1. The van der Waals surface area contributed by atoms with Crippen LogP contribution in [0.5, 0.6) is 0 Å². The molecule has 0 aromatic carbocycles. The van der Waals surface area contributed by atoms with Crippen molar-refractivity contribution in [3.05, 3.63) is 22.7 Å². The van der Waals surface area contributed by atoms with Gasteiger partial charge >= 0.3 is 0 Å². The van der Waals surface area contributed by atoms with E-state index in [0.29, 0.717) is 0 Å². The highest BCUT2D eigenvalue weighted by Gasteiger charge is 2.11. The SMILES string of the molecule is CC(C)n1ccnc(NC(CO)CO)c1=O. The number of anilines is 1. The maximum Gasteiger partial charge on any atom is 0.293 e. The van der Waals surface area contributed by atoms with Gasteiger partial charge in [0.15, 0.2) is 5.82 Å². The molecular formula is C10H17N3O3. The molecule has 0 saturated heterocycles. The van der Waals surface area contributed by atoms with Crippen LogP contribution in [0.4, 0.5) is 5.82 Å². The van der Waals surface area contributed by atoms with E-state index in [2.05, 4.69) is 10.3 Å². The summed E-state index contributed by atoms with van der Waals surface area (Å²) in [7, 11) is 0. The van der Waals surface area contributed by atoms with Crippen molar-refractivity contribution in [3.63, 3.8) is 0 Å². The molecule has 16 heavy (non-hydrogen) atoms. The third-order valence-corrected chi connectivity index (χ3v) is 2.21. The number of aliphatic hydroxyl groups excluding tert-OH is 2. The smallest absolute Gasteiger partial charge is 0.293 e. The van der Waals surface area contributed by atoms with E-state index >= 15 is 0 Å². The van der Waals surface area contributed by atoms with Crippen LogP contribution < -0.4 is 10.9 Å². The minimum Gasteiger partial charge on any atom is -0.394 e. The number of hydrogen-bond acceptors (Lipinski definition) is 5. The average Bonchev–Trinajstić information content (AvgIpc) is 2.27. The van der Waals surface area contributed by atoms with E-state index in [-0.39, 0.29) is 30.6 Å². The van der Waals surface area contributed by atoms with Crippen molar-refractivity contribution in [2.24, 2.45) is 0 Å². The fourth-order valence-corrected chi connectivity index (χ4v) is 1.27. The topological polar surface area (TPSA) is 87.4 Å². The van der Waals surface area contributed by atoms with Gasteiger partial charge < -0.3 is 20.1 Å². The Bertz CT molecular complexity index is 385. The summed E-state index contributed by atoms with van der Waals surface area (Å²) >= 11 is 0. The fourth-order valence-electron chi connectivity index (χ4n) is 1.27. The summed E-state index contributed by atoms with van der Waals surface area (Å²) in [6.07, 6.45) is 3.11. The molecule has 1 heterocycles.